The van der Waals surface area contributed by atoms with Crippen molar-refractivity contribution in [3.63, 3.8) is 0 Å². The monoisotopic (exact) mass is 276 g/mol. The van der Waals surface area contributed by atoms with Crippen molar-refractivity contribution < 1.29 is 22.7 Å². The molecular formula is C12H15F3N2O2. The molecule has 0 bridgehead atoms. The number of rotatable bonds is 4. The number of halogens is 3. The van der Waals surface area contributed by atoms with Crippen molar-refractivity contribution in [3.05, 3.63) is 29.6 Å². The second-order valence-electron chi connectivity index (χ2n) is 4.19. The molecule has 106 valence electrons. The van der Waals surface area contributed by atoms with Gasteiger partial charge in [-0.05, 0) is 31.5 Å². The third-order valence-corrected chi connectivity index (χ3v) is 2.58. The molecule has 0 aliphatic rings. The van der Waals surface area contributed by atoms with Gasteiger partial charge in [-0.3, -0.25) is 4.98 Å². The standard InChI is InChI=1S/C12H15F3N2O2/c1-3-19-10(18)11(16,12(13,14)15)7-9-6-8(2)4-5-17-9/h4-6H,3,7,16H2,1-2H3. The lowest BCUT2D eigenvalue weighted by Crippen LogP contribution is -2.61. The maximum absolute atomic E-state index is 13.0. The molecule has 0 fully saturated rings. The number of carbonyl (C=O) groups is 1. The van der Waals surface area contributed by atoms with E-state index in [4.69, 9.17) is 5.73 Å². The first-order valence-electron chi connectivity index (χ1n) is 5.65. The molecule has 1 heterocycles. The largest absolute Gasteiger partial charge is 0.464 e. The number of aryl methyl sites for hydroxylation is 1. The number of alkyl halides is 3. The summed E-state index contributed by atoms with van der Waals surface area (Å²) in [6.45, 7) is 2.95. The lowest BCUT2D eigenvalue weighted by atomic mass is 9.93. The molecule has 0 saturated carbocycles. The molecule has 1 rings (SSSR count). The predicted molar refractivity (Wildman–Crippen MR) is 62.3 cm³/mol. The van der Waals surface area contributed by atoms with Gasteiger partial charge in [0.15, 0.2) is 0 Å². The number of pyridine rings is 1. The van der Waals surface area contributed by atoms with E-state index in [2.05, 4.69) is 9.72 Å². The second kappa shape index (κ2) is 5.56. The van der Waals surface area contributed by atoms with Gasteiger partial charge in [0.25, 0.3) is 0 Å². The van der Waals surface area contributed by atoms with Gasteiger partial charge in [0.1, 0.15) is 0 Å². The van der Waals surface area contributed by atoms with Gasteiger partial charge in [0, 0.05) is 18.3 Å². The lowest BCUT2D eigenvalue weighted by Gasteiger charge is -2.29. The van der Waals surface area contributed by atoms with Gasteiger partial charge in [-0.25, -0.2) is 4.79 Å². The zero-order valence-electron chi connectivity index (χ0n) is 10.6. The van der Waals surface area contributed by atoms with Crippen molar-refractivity contribution in [2.45, 2.75) is 32.0 Å². The van der Waals surface area contributed by atoms with Crippen LogP contribution in [0.2, 0.25) is 0 Å². The molecule has 0 radical (unpaired) electrons. The number of hydrogen-bond acceptors (Lipinski definition) is 4. The minimum absolute atomic E-state index is 0.0906. The summed E-state index contributed by atoms with van der Waals surface area (Å²) in [5, 5.41) is 0. The van der Waals surface area contributed by atoms with Crippen molar-refractivity contribution in [2.75, 3.05) is 6.61 Å². The van der Waals surface area contributed by atoms with Gasteiger partial charge in [0.05, 0.1) is 6.61 Å². The zero-order chi connectivity index (χ0) is 14.7. The van der Waals surface area contributed by atoms with Crippen LogP contribution in [0.25, 0.3) is 0 Å². The summed E-state index contributed by atoms with van der Waals surface area (Å²) in [6.07, 6.45) is -4.30. The lowest BCUT2D eigenvalue weighted by molar-refractivity contribution is -0.205. The van der Waals surface area contributed by atoms with Crippen LogP contribution >= 0.6 is 0 Å². The van der Waals surface area contributed by atoms with Crippen LogP contribution in [-0.2, 0) is 16.0 Å². The number of hydrogen-bond donors (Lipinski definition) is 1. The number of nitrogens with two attached hydrogens (primary N) is 1. The molecule has 1 aromatic rings. The number of nitrogens with zero attached hydrogens (tertiary/aromatic N) is 1. The van der Waals surface area contributed by atoms with Crippen LogP contribution in [-0.4, -0.2) is 29.3 Å². The van der Waals surface area contributed by atoms with Crippen molar-refractivity contribution >= 4 is 5.97 Å². The summed E-state index contributed by atoms with van der Waals surface area (Å²) in [7, 11) is 0. The van der Waals surface area contributed by atoms with Crippen LogP contribution in [0.5, 0.6) is 0 Å². The topological polar surface area (TPSA) is 65.2 Å². The Morgan fingerprint density at radius 3 is 2.58 bits per heavy atom. The van der Waals surface area contributed by atoms with Crippen LogP contribution in [0.4, 0.5) is 13.2 Å². The highest BCUT2D eigenvalue weighted by Crippen LogP contribution is 2.32. The fourth-order valence-corrected chi connectivity index (χ4v) is 1.53. The SMILES string of the molecule is CCOC(=O)C(N)(Cc1cc(C)ccn1)C(F)(F)F. The molecule has 0 amide bonds. The van der Waals surface area contributed by atoms with Crippen LogP contribution in [0.15, 0.2) is 18.3 Å². The molecule has 0 aliphatic heterocycles. The molecule has 0 aliphatic carbocycles. The van der Waals surface area contributed by atoms with E-state index in [-0.39, 0.29) is 12.3 Å². The molecule has 0 saturated heterocycles. The van der Waals surface area contributed by atoms with Crippen molar-refractivity contribution in [2.24, 2.45) is 5.73 Å². The molecule has 0 spiro atoms. The van der Waals surface area contributed by atoms with Gasteiger partial charge in [-0.15, -0.1) is 0 Å². The fraction of sp³-hybridized carbons (Fsp3) is 0.500. The number of aromatic nitrogens is 1. The molecule has 2 N–H and O–H groups in total. The third kappa shape index (κ3) is 3.44. The minimum atomic E-state index is -4.91. The zero-order valence-corrected chi connectivity index (χ0v) is 10.6. The Labute approximate surface area is 108 Å². The van der Waals surface area contributed by atoms with E-state index in [1.807, 2.05) is 0 Å². The number of carbonyl (C=O) groups excluding carboxylic acids is 1. The highest BCUT2D eigenvalue weighted by atomic mass is 19.4. The first-order valence-corrected chi connectivity index (χ1v) is 5.65. The van der Waals surface area contributed by atoms with Crippen molar-refractivity contribution in [1.29, 1.82) is 0 Å². The summed E-state index contributed by atoms with van der Waals surface area (Å²) in [5.74, 6) is -1.49. The summed E-state index contributed by atoms with van der Waals surface area (Å²) in [6, 6.07) is 3.09. The van der Waals surface area contributed by atoms with E-state index in [1.54, 1.807) is 13.0 Å². The van der Waals surface area contributed by atoms with E-state index < -0.39 is 24.1 Å². The van der Waals surface area contributed by atoms with E-state index in [0.29, 0.717) is 0 Å². The highest BCUT2D eigenvalue weighted by Gasteiger charge is 2.59. The summed E-state index contributed by atoms with van der Waals surface area (Å²) >= 11 is 0. The normalized spacial score (nSPS) is 14.8. The van der Waals surface area contributed by atoms with Gasteiger partial charge in [0.2, 0.25) is 5.54 Å². The molecule has 1 unspecified atom stereocenters. The first-order chi connectivity index (χ1) is 8.70. The Morgan fingerprint density at radius 2 is 2.11 bits per heavy atom. The average Bonchev–Trinajstić information content (AvgIpc) is 2.27. The predicted octanol–water partition coefficient (Wildman–Crippen LogP) is 1.76. The van der Waals surface area contributed by atoms with Gasteiger partial charge in [-0.1, -0.05) is 0 Å². The van der Waals surface area contributed by atoms with Gasteiger partial charge >= 0.3 is 12.1 Å². The van der Waals surface area contributed by atoms with Crippen LogP contribution < -0.4 is 5.73 Å². The molecular weight excluding hydrogens is 261 g/mol. The molecule has 7 heteroatoms. The summed E-state index contributed by atoms with van der Waals surface area (Å²) in [4.78, 5) is 15.3. The van der Waals surface area contributed by atoms with Crippen LogP contribution in [0.3, 0.4) is 0 Å². The smallest absolute Gasteiger partial charge is 0.417 e. The Hall–Kier alpha value is -1.63. The second-order valence-corrected chi connectivity index (χ2v) is 4.19. The van der Waals surface area contributed by atoms with Crippen LogP contribution in [0.1, 0.15) is 18.2 Å². The van der Waals surface area contributed by atoms with Gasteiger partial charge in [-0.2, -0.15) is 13.2 Å². The first kappa shape index (κ1) is 15.4. The minimum Gasteiger partial charge on any atom is -0.464 e. The molecule has 0 aromatic carbocycles. The number of esters is 1. The van der Waals surface area contributed by atoms with E-state index in [9.17, 15) is 18.0 Å². The molecule has 1 aromatic heterocycles. The Kier molecular flexibility index (Phi) is 4.52. The van der Waals surface area contributed by atoms with Gasteiger partial charge < -0.3 is 10.5 Å². The van der Waals surface area contributed by atoms with E-state index in [0.717, 1.165) is 5.56 Å². The van der Waals surface area contributed by atoms with E-state index in [1.165, 1.54) is 19.2 Å². The quantitative estimate of drug-likeness (QED) is 0.851. The van der Waals surface area contributed by atoms with Crippen molar-refractivity contribution in [3.8, 4) is 0 Å². The van der Waals surface area contributed by atoms with Crippen LogP contribution in [0, 0.1) is 6.92 Å². The fourth-order valence-electron chi connectivity index (χ4n) is 1.53. The Bertz CT molecular complexity index is 463. The maximum atomic E-state index is 13.0. The molecule has 1 atom stereocenters. The van der Waals surface area contributed by atoms with E-state index >= 15 is 0 Å². The summed E-state index contributed by atoms with van der Waals surface area (Å²) < 4.78 is 43.5. The van der Waals surface area contributed by atoms with Crippen molar-refractivity contribution in [1.82, 2.24) is 4.98 Å². The average molecular weight is 276 g/mol. The molecule has 4 nitrogen and oxygen atoms in total. The maximum Gasteiger partial charge on any atom is 0.417 e. The highest BCUT2D eigenvalue weighted by molar-refractivity contribution is 5.82. The number of ether oxygens (including phenoxy) is 1. The molecule has 19 heavy (non-hydrogen) atoms. The Morgan fingerprint density at radius 1 is 1.47 bits per heavy atom. The summed E-state index contributed by atoms with van der Waals surface area (Å²) in [5.41, 5.74) is 2.99. The Balaban J connectivity index is 3.09. The third-order valence-electron chi connectivity index (χ3n) is 2.58.